The van der Waals surface area contributed by atoms with Crippen LogP contribution in [0.5, 0.6) is 0 Å². The number of benzene rings is 1. The Hall–Kier alpha value is -1.97. The van der Waals surface area contributed by atoms with Crippen molar-refractivity contribution in [3.8, 4) is 0 Å². The Morgan fingerprint density at radius 2 is 1.89 bits per heavy atom. The number of rotatable bonds is 7. The summed E-state index contributed by atoms with van der Waals surface area (Å²) < 4.78 is 30.4. The van der Waals surface area contributed by atoms with Crippen LogP contribution in [0.3, 0.4) is 0 Å². The van der Waals surface area contributed by atoms with Gasteiger partial charge in [-0.3, -0.25) is 9.63 Å². The van der Waals surface area contributed by atoms with Crippen LogP contribution in [0.4, 0.5) is 0 Å². The van der Waals surface area contributed by atoms with Gasteiger partial charge in [0.1, 0.15) is 0 Å². The van der Waals surface area contributed by atoms with Crippen molar-refractivity contribution in [1.29, 1.82) is 0 Å². The smallest absolute Gasteiger partial charge is 0.338 e. The summed E-state index contributed by atoms with van der Waals surface area (Å²) in [4.78, 5) is 29.2. The van der Waals surface area contributed by atoms with E-state index in [-0.39, 0.29) is 22.4 Å². The van der Waals surface area contributed by atoms with Gasteiger partial charge in [-0.15, -0.1) is 0 Å². The van der Waals surface area contributed by atoms with Gasteiger partial charge in [0.2, 0.25) is 0 Å². The van der Waals surface area contributed by atoms with Crippen molar-refractivity contribution in [2.45, 2.75) is 56.1 Å². The van der Waals surface area contributed by atoms with Gasteiger partial charge in [-0.1, -0.05) is 29.8 Å². The third-order valence-corrected chi connectivity index (χ3v) is 6.24. The first-order chi connectivity index (χ1) is 12.8. The van der Waals surface area contributed by atoms with Crippen LogP contribution in [-0.2, 0) is 24.4 Å². The molecule has 1 amide bonds. The van der Waals surface area contributed by atoms with Crippen molar-refractivity contribution in [1.82, 2.24) is 9.79 Å². The molecular formula is C18H26N2O6S. The highest BCUT2D eigenvalue weighted by atomic mass is 32.2. The molecule has 0 radical (unpaired) electrons. The lowest BCUT2D eigenvalue weighted by Gasteiger charge is -2.24. The maximum atomic E-state index is 12.3. The first kappa shape index (κ1) is 21.3. The maximum Gasteiger partial charge on any atom is 0.338 e. The number of carbonyl (C=O) groups excluding carboxylic acids is 2. The van der Waals surface area contributed by atoms with Gasteiger partial charge >= 0.3 is 5.97 Å². The van der Waals surface area contributed by atoms with Gasteiger partial charge < -0.3 is 10.1 Å². The van der Waals surface area contributed by atoms with Crippen molar-refractivity contribution in [2.75, 3.05) is 14.2 Å². The van der Waals surface area contributed by atoms with Gasteiger partial charge in [0.05, 0.1) is 17.6 Å². The second-order valence-electron chi connectivity index (χ2n) is 6.52. The average molecular weight is 398 g/mol. The Labute approximate surface area is 159 Å². The Morgan fingerprint density at radius 1 is 1.22 bits per heavy atom. The maximum absolute atomic E-state index is 12.3. The quantitative estimate of drug-likeness (QED) is 0.556. The molecule has 1 saturated carbocycles. The van der Waals surface area contributed by atoms with E-state index in [2.05, 4.69) is 5.32 Å². The fraction of sp³-hybridized carbons (Fsp3) is 0.556. The van der Waals surface area contributed by atoms with Crippen LogP contribution in [-0.4, -0.2) is 51.1 Å². The molecule has 0 aliphatic heterocycles. The summed E-state index contributed by atoms with van der Waals surface area (Å²) in [6, 6.07) is 5.52. The fourth-order valence-corrected chi connectivity index (χ4v) is 3.90. The van der Waals surface area contributed by atoms with Crippen molar-refractivity contribution < 1.29 is 27.6 Å². The molecule has 1 aromatic rings. The van der Waals surface area contributed by atoms with Gasteiger partial charge in [-0.05, 0) is 38.0 Å². The molecule has 27 heavy (non-hydrogen) atoms. The molecule has 0 spiro atoms. The Kier molecular flexibility index (Phi) is 7.34. The van der Waals surface area contributed by atoms with E-state index in [1.807, 2.05) is 0 Å². The number of esters is 1. The number of carbonyl (C=O) groups is 2. The molecule has 0 bridgehead atoms. The van der Waals surface area contributed by atoms with E-state index in [1.165, 1.54) is 51.8 Å². The highest BCUT2D eigenvalue weighted by molar-refractivity contribution is 7.89. The zero-order valence-electron chi connectivity index (χ0n) is 15.8. The van der Waals surface area contributed by atoms with Crippen molar-refractivity contribution in [3.63, 3.8) is 0 Å². The lowest BCUT2D eigenvalue weighted by atomic mass is 9.95. The van der Waals surface area contributed by atoms with E-state index in [1.54, 1.807) is 0 Å². The van der Waals surface area contributed by atoms with E-state index >= 15 is 0 Å². The van der Waals surface area contributed by atoms with Gasteiger partial charge in [0.25, 0.3) is 15.9 Å². The molecule has 9 heteroatoms. The van der Waals surface area contributed by atoms with Gasteiger partial charge in [0, 0.05) is 13.1 Å². The number of hydroxylamine groups is 1. The molecule has 0 heterocycles. The van der Waals surface area contributed by atoms with Crippen LogP contribution < -0.4 is 5.32 Å². The predicted octanol–water partition coefficient (Wildman–Crippen LogP) is 1.86. The largest absolute Gasteiger partial charge is 0.449 e. The van der Waals surface area contributed by atoms with Crippen LogP contribution in [0.15, 0.2) is 29.2 Å². The average Bonchev–Trinajstić information content (AvgIpc) is 2.67. The molecule has 1 N–H and O–H groups in total. The molecular weight excluding hydrogens is 372 g/mol. The second kappa shape index (κ2) is 9.29. The molecule has 0 unspecified atom stereocenters. The summed E-state index contributed by atoms with van der Waals surface area (Å²) in [6.45, 7) is 1.50. The van der Waals surface area contributed by atoms with Crippen molar-refractivity contribution in [3.05, 3.63) is 29.8 Å². The van der Waals surface area contributed by atoms with Crippen LogP contribution in [0, 0.1) is 0 Å². The molecule has 8 nitrogen and oxygen atoms in total. The minimum absolute atomic E-state index is 0.0397. The van der Waals surface area contributed by atoms with E-state index in [9.17, 15) is 18.0 Å². The molecule has 1 aliphatic rings. The molecule has 1 aromatic carbocycles. The number of ether oxygens (including phenoxy) is 1. The summed E-state index contributed by atoms with van der Waals surface area (Å²) in [7, 11) is -1.41. The molecule has 1 fully saturated rings. The number of sulfonamides is 1. The van der Waals surface area contributed by atoms with Crippen LogP contribution in [0.1, 0.15) is 49.4 Å². The topological polar surface area (TPSA) is 102 Å². The van der Waals surface area contributed by atoms with E-state index < -0.39 is 22.1 Å². The number of nitrogens with one attached hydrogen (secondary N) is 1. The van der Waals surface area contributed by atoms with Crippen molar-refractivity contribution >= 4 is 21.9 Å². The Bertz CT molecular complexity index is 774. The van der Waals surface area contributed by atoms with Gasteiger partial charge in [-0.2, -0.15) is 0 Å². The van der Waals surface area contributed by atoms with Gasteiger partial charge in [0.15, 0.2) is 6.10 Å². The zero-order chi connectivity index (χ0) is 20.0. The van der Waals surface area contributed by atoms with Gasteiger partial charge in [-0.25, -0.2) is 13.2 Å². The van der Waals surface area contributed by atoms with E-state index in [0.717, 1.165) is 25.7 Å². The third-order valence-electron chi connectivity index (χ3n) is 4.57. The summed E-state index contributed by atoms with van der Waals surface area (Å²) in [5.41, 5.74) is 0.0397. The second-order valence-corrected chi connectivity index (χ2v) is 8.45. The third kappa shape index (κ3) is 5.50. The molecule has 1 aliphatic carbocycles. The number of nitrogens with zero attached hydrogens (tertiary/aromatic N) is 1. The summed E-state index contributed by atoms with van der Waals surface area (Å²) in [5.74, 6) is -1.11. The molecule has 150 valence electrons. The summed E-state index contributed by atoms with van der Waals surface area (Å²) in [5, 5.41) is 2.90. The Morgan fingerprint density at radius 3 is 2.52 bits per heavy atom. The first-order valence-electron chi connectivity index (χ1n) is 8.90. The summed E-state index contributed by atoms with van der Waals surface area (Å²) in [6.07, 6.45) is 4.22. The monoisotopic (exact) mass is 398 g/mol. The highest BCUT2D eigenvalue weighted by Crippen LogP contribution is 2.19. The minimum atomic E-state index is -3.89. The molecule has 2 rings (SSSR count). The van der Waals surface area contributed by atoms with E-state index in [0.29, 0.717) is 4.47 Å². The number of amides is 1. The van der Waals surface area contributed by atoms with E-state index in [4.69, 9.17) is 9.57 Å². The molecule has 0 aromatic heterocycles. The Balaban J connectivity index is 2.02. The fourth-order valence-electron chi connectivity index (χ4n) is 2.88. The van der Waals surface area contributed by atoms with Crippen LogP contribution >= 0.6 is 0 Å². The predicted molar refractivity (Wildman–Crippen MR) is 98.3 cm³/mol. The number of hydrogen-bond acceptors (Lipinski definition) is 6. The van der Waals surface area contributed by atoms with Crippen molar-refractivity contribution in [2.24, 2.45) is 0 Å². The first-order valence-corrected chi connectivity index (χ1v) is 10.3. The molecule has 1 atom stereocenters. The SMILES string of the molecule is CON(C)S(=O)(=O)c1cccc(C(=O)O[C@@H](C)C(=O)NC2CCCCC2)c1. The number of hydrogen-bond donors (Lipinski definition) is 1. The summed E-state index contributed by atoms with van der Waals surface area (Å²) >= 11 is 0. The lowest BCUT2D eigenvalue weighted by molar-refractivity contribution is -0.130. The normalized spacial score (nSPS) is 16.7. The zero-order valence-corrected chi connectivity index (χ0v) is 16.6. The van der Waals surface area contributed by atoms with Crippen LogP contribution in [0.2, 0.25) is 0 Å². The van der Waals surface area contributed by atoms with Crippen LogP contribution in [0.25, 0.3) is 0 Å². The molecule has 0 saturated heterocycles. The highest BCUT2D eigenvalue weighted by Gasteiger charge is 2.25. The minimum Gasteiger partial charge on any atom is -0.449 e. The standard InChI is InChI=1S/C18H26N2O6S/c1-13(17(21)19-15-9-5-4-6-10-15)26-18(22)14-8-7-11-16(12-14)27(23,24)20(2)25-3/h7-8,11-13,15H,4-6,9-10H2,1-3H3,(H,19,21)/t13-/m0/s1. The lowest BCUT2D eigenvalue weighted by Crippen LogP contribution is -2.42.